The minimum Gasteiger partial charge on any atom is -0.400 e. The van der Waals surface area contributed by atoms with E-state index in [0.29, 0.717) is 32.0 Å². The van der Waals surface area contributed by atoms with E-state index in [1.54, 1.807) is 0 Å². The molecule has 0 unspecified atom stereocenters. The second kappa shape index (κ2) is 9.19. The molecule has 0 aliphatic carbocycles. The molecule has 0 spiro atoms. The summed E-state index contributed by atoms with van der Waals surface area (Å²) in [4.78, 5) is 0. The summed E-state index contributed by atoms with van der Waals surface area (Å²) in [7, 11) is 0. The largest absolute Gasteiger partial charge is 1.00 e. The number of nitrogens with zero attached hydrogens (tertiary/aromatic N) is 6. The molecule has 0 aliphatic heterocycles. The molecule has 0 aromatic carbocycles. The zero-order valence-corrected chi connectivity index (χ0v) is 17.3. The molecule has 3 aromatic heterocycles. The van der Waals surface area contributed by atoms with Crippen LogP contribution in [-0.2, 0) is 40.9 Å². The second-order valence-electron chi connectivity index (χ2n) is 6.16. The van der Waals surface area contributed by atoms with Crippen LogP contribution in [0.5, 0.6) is 0 Å². The van der Waals surface area contributed by atoms with Gasteiger partial charge in [-0.1, -0.05) is 0 Å². The van der Waals surface area contributed by atoms with Crippen LogP contribution >= 0.6 is 0 Å². The first-order chi connectivity index (χ1) is 14.1. The summed E-state index contributed by atoms with van der Waals surface area (Å²) in [6, 6.07) is 1.59. The molecule has 180 valence electrons. The Hall–Kier alpha value is -2.45. The predicted octanol–water partition coefficient (Wildman–Crippen LogP) is 4.65. The second-order valence-corrected chi connectivity index (χ2v) is 6.16. The van der Waals surface area contributed by atoms with E-state index in [9.17, 15) is 39.5 Å². The van der Waals surface area contributed by atoms with E-state index < -0.39 is 42.2 Å². The fraction of sp³-hybridized carbons (Fsp3) is 0.267. The molecular weight excluding hydrogens is 554 g/mol. The van der Waals surface area contributed by atoms with Gasteiger partial charge in [0.2, 0.25) is 0 Å². The van der Waals surface area contributed by atoms with E-state index in [0.717, 1.165) is 25.4 Å². The van der Waals surface area contributed by atoms with Crippen molar-refractivity contribution in [1.82, 2.24) is 29.1 Å². The van der Waals surface area contributed by atoms with Crippen LogP contribution in [0.15, 0.2) is 49.9 Å². The van der Waals surface area contributed by atoms with Crippen LogP contribution in [0, 0.1) is 0 Å². The van der Waals surface area contributed by atoms with Crippen molar-refractivity contribution < 1.29 is 61.9 Å². The standard InChI is InChI=1S/C13H9BF9N6.C2H4.Ag/c1-14(27-5-2-8(24-27)11(15,16)17,28-6-3-9(25-28)12(18,19)20)29-7-4-10(26-29)13(21,22)23;1-2;/h2-7H,1H3;1-2H2;/q-1;;+1. The van der Waals surface area contributed by atoms with Gasteiger partial charge >= 0.3 is 47.5 Å². The molecule has 3 heterocycles. The van der Waals surface area contributed by atoms with Crippen LogP contribution in [0.2, 0.25) is 6.82 Å². The smallest absolute Gasteiger partial charge is 0.400 e. The van der Waals surface area contributed by atoms with Crippen LogP contribution in [0.3, 0.4) is 0 Å². The zero-order valence-electron chi connectivity index (χ0n) is 15.8. The number of halogens is 9. The number of hydrogen-bond acceptors (Lipinski definition) is 3. The summed E-state index contributed by atoms with van der Waals surface area (Å²) in [5.41, 5.74) is -4.17. The van der Waals surface area contributed by atoms with E-state index in [4.69, 9.17) is 0 Å². The third kappa shape index (κ3) is 5.29. The molecule has 0 amide bonds. The molecular formula is C15H13AgBF9N6. The quantitative estimate of drug-likeness (QED) is 0.264. The predicted molar refractivity (Wildman–Crippen MR) is 90.8 cm³/mol. The Morgan fingerprint density at radius 1 is 0.625 bits per heavy atom. The van der Waals surface area contributed by atoms with Crippen molar-refractivity contribution in [1.29, 1.82) is 0 Å². The maximum Gasteiger partial charge on any atom is 1.00 e. The fourth-order valence-electron chi connectivity index (χ4n) is 2.65. The molecule has 6 nitrogen and oxygen atoms in total. The van der Waals surface area contributed by atoms with Crippen molar-refractivity contribution in [3.63, 3.8) is 0 Å². The van der Waals surface area contributed by atoms with Gasteiger partial charge < -0.3 is 13.8 Å². The number of rotatable bonds is 3. The average molecular weight is 567 g/mol. The van der Waals surface area contributed by atoms with E-state index in [-0.39, 0.29) is 22.4 Å². The van der Waals surface area contributed by atoms with Crippen LogP contribution in [-0.4, -0.2) is 35.6 Å². The Bertz CT molecular complexity index is 906. The minimum atomic E-state index is -4.88. The first kappa shape index (κ1) is 27.6. The summed E-state index contributed by atoms with van der Waals surface area (Å²) in [5.74, 6) is 0. The van der Waals surface area contributed by atoms with Gasteiger partial charge in [0.25, 0.3) is 0 Å². The summed E-state index contributed by atoms with van der Waals surface area (Å²) < 4.78 is 118. The van der Waals surface area contributed by atoms with Gasteiger partial charge in [-0.2, -0.15) is 39.5 Å². The number of hydrogen-bond donors (Lipinski definition) is 0. The van der Waals surface area contributed by atoms with Crippen molar-refractivity contribution in [2.75, 3.05) is 0 Å². The van der Waals surface area contributed by atoms with Crippen LogP contribution in [0.25, 0.3) is 0 Å². The van der Waals surface area contributed by atoms with Crippen molar-refractivity contribution in [2.45, 2.75) is 25.4 Å². The Labute approximate surface area is 190 Å². The molecule has 3 aromatic rings. The van der Waals surface area contributed by atoms with Gasteiger partial charge in [-0.15, -0.1) is 20.0 Å². The molecule has 17 heteroatoms. The van der Waals surface area contributed by atoms with Gasteiger partial charge in [0.05, 0.1) is 0 Å². The minimum absolute atomic E-state index is 0. The number of alkyl halides is 9. The van der Waals surface area contributed by atoms with E-state index in [1.807, 2.05) is 0 Å². The van der Waals surface area contributed by atoms with E-state index >= 15 is 0 Å². The molecule has 0 N–H and O–H groups in total. The van der Waals surface area contributed by atoms with Gasteiger partial charge in [0.15, 0.2) is 17.1 Å². The number of aromatic nitrogens is 6. The topological polar surface area (TPSA) is 53.5 Å². The third-order valence-corrected chi connectivity index (χ3v) is 4.20. The molecule has 0 fully saturated rings. The first-order valence-electron chi connectivity index (χ1n) is 8.21. The van der Waals surface area contributed by atoms with Gasteiger partial charge in [-0.3, -0.25) is 0 Å². The summed E-state index contributed by atoms with van der Waals surface area (Å²) in [6.45, 7) is 3.97. The fourth-order valence-corrected chi connectivity index (χ4v) is 2.65. The maximum atomic E-state index is 12.9. The molecule has 3 rings (SSSR count). The summed E-state index contributed by atoms with van der Waals surface area (Å²) in [6.07, 6.45) is -12.3. The van der Waals surface area contributed by atoms with E-state index in [1.165, 1.54) is 0 Å². The molecule has 0 aliphatic rings. The molecule has 0 bridgehead atoms. The monoisotopic (exact) mass is 566 g/mol. The van der Waals surface area contributed by atoms with Crippen LogP contribution in [0.4, 0.5) is 39.5 Å². The SMILES string of the molecule is C=C.C[B-](n1ccc(C(F)(F)F)n1)(n1ccc(C(F)(F)F)n1)n1ccc(C(F)(F)F)n1.[Ag+]. The Morgan fingerprint density at radius 3 is 1.00 bits per heavy atom. The Morgan fingerprint density at radius 2 is 0.844 bits per heavy atom. The zero-order chi connectivity index (χ0) is 23.8. The van der Waals surface area contributed by atoms with Crippen LogP contribution in [0.1, 0.15) is 17.1 Å². The van der Waals surface area contributed by atoms with Crippen molar-refractivity contribution in [3.8, 4) is 0 Å². The maximum absolute atomic E-state index is 12.9. The molecule has 0 saturated heterocycles. The van der Waals surface area contributed by atoms with Crippen molar-refractivity contribution >= 4 is 6.55 Å². The van der Waals surface area contributed by atoms with Gasteiger partial charge in [-0.25, -0.2) is 15.3 Å². The molecule has 0 saturated carbocycles. The van der Waals surface area contributed by atoms with Crippen LogP contribution < -0.4 is 0 Å². The Balaban J connectivity index is 0.00000166. The molecule has 0 radical (unpaired) electrons. The summed E-state index contributed by atoms with van der Waals surface area (Å²) >= 11 is 0. The van der Waals surface area contributed by atoms with Gasteiger partial charge in [0.1, 0.15) is 0 Å². The molecule has 32 heavy (non-hydrogen) atoms. The van der Waals surface area contributed by atoms with Crippen molar-refractivity contribution in [3.05, 3.63) is 67.0 Å². The van der Waals surface area contributed by atoms with E-state index in [2.05, 4.69) is 28.5 Å². The normalized spacial score (nSPS) is 12.7. The first-order valence-corrected chi connectivity index (χ1v) is 8.21. The Kier molecular flexibility index (Phi) is 7.92. The third-order valence-electron chi connectivity index (χ3n) is 4.20. The molecule has 0 atom stereocenters. The van der Waals surface area contributed by atoms with Crippen molar-refractivity contribution in [2.24, 2.45) is 0 Å². The average Bonchev–Trinajstić information content (AvgIpc) is 3.41. The van der Waals surface area contributed by atoms with Gasteiger partial charge in [0, 0.05) is 0 Å². The van der Waals surface area contributed by atoms with Gasteiger partial charge in [-0.05, 0) is 36.8 Å². The summed E-state index contributed by atoms with van der Waals surface area (Å²) in [5, 5.41) is 9.85.